The molecule has 0 atom stereocenters. The van der Waals surface area contributed by atoms with Gasteiger partial charge in [0.25, 0.3) is 0 Å². The van der Waals surface area contributed by atoms with E-state index in [0.717, 1.165) is 16.5 Å². The first-order valence-corrected chi connectivity index (χ1v) is 12.8. The van der Waals surface area contributed by atoms with E-state index in [1.807, 2.05) is 43.3 Å². The predicted octanol–water partition coefficient (Wildman–Crippen LogP) is 3.86. The zero-order valence-corrected chi connectivity index (χ0v) is 20.0. The minimum atomic E-state index is -3.78. The molecule has 1 aliphatic rings. The van der Waals surface area contributed by atoms with Crippen LogP contribution in [0.15, 0.2) is 71.9 Å². The number of aromatic nitrogens is 3. The van der Waals surface area contributed by atoms with E-state index in [-0.39, 0.29) is 4.90 Å². The number of benzene rings is 2. The lowest BCUT2D eigenvalue weighted by Gasteiger charge is -2.27. The second kappa shape index (κ2) is 9.95. The largest absolute Gasteiger partial charge is 0.492 e. The van der Waals surface area contributed by atoms with Crippen LogP contribution in [0.4, 0.5) is 11.5 Å². The number of hydrogen-bond donors (Lipinski definition) is 1. The standard InChI is InChI=1S/C25H25N5O4S/c1-2-34-22-10-9-19(16-23(22)35(31,32)30-12-14-33-15-13-30)27-25-20-7-3-4-8-21(20)28-24(29-25)18-6-5-11-26-17-18/h3-11,16-17H,2,12-15H2,1H3,(H,27,28,29). The van der Waals surface area contributed by atoms with Crippen molar-refractivity contribution in [3.8, 4) is 17.1 Å². The van der Waals surface area contributed by atoms with Crippen LogP contribution in [0.25, 0.3) is 22.3 Å². The molecule has 0 amide bonds. The van der Waals surface area contributed by atoms with Crippen molar-refractivity contribution < 1.29 is 17.9 Å². The Bertz CT molecular complexity index is 1440. The highest BCUT2D eigenvalue weighted by atomic mass is 32.2. The van der Waals surface area contributed by atoms with Gasteiger partial charge in [0.1, 0.15) is 16.5 Å². The van der Waals surface area contributed by atoms with E-state index in [2.05, 4.69) is 15.3 Å². The molecule has 3 heterocycles. The van der Waals surface area contributed by atoms with Gasteiger partial charge < -0.3 is 14.8 Å². The molecule has 9 nitrogen and oxygen atoms in total. The molecule has 1 N–H and O–H groups in total. The zero-order valence-electron chi connectivity index (χ0n) is 19.2. The highest BCUT2D eigenvalue weighted by Gasteiger charge is 2.29. The summed E-state index contributed by atoms with van der Waals surface area (Å²) in [7, 11) is -3.78. The number of sulfonamides is 1. The maximum Gasteiger partial charge on any atom is 0.246 e. The van der Waals surface area contributed by atoms with E-state index in [1.165, 1.54) is 4.31 Å². The summed E-state index contributed by atoms with van der Waals surface area (Å²) in [6.07, 6.45) is 3.40. The Morgan fingerprint density at radius 1 is 1.06 bits per heavy atom. The number of morpholine rings is 1. The third-order valence-corrected chi connectivity index (χ3v) is 7.54. The number of pyridine rings is 1. The van der Waals surface area contributed by atoms with Gasteiger partial charge in [0.15, 0.2) is 5.82 Å². The van der Waals surface area contributed by atoms with E-state index < -0.39 is 10.0 Å². The van der Waals surface area contributed by atoms with Gasteiger partial charge in [-0.3, -0.25) is 4.98 Å². The van der Waals surface area contributed by atoms with E-state index in [4.69, 9.17) is 14.5 Å². The minimum absolute atomic E-state index is 0.108. The molecule has 0 spiro atoms. The van der Waals surface area contributed by atoms with Crippen molar-refractivity contribution in [1.82, 2.24) is 19.3 Å². The molecule has 180 valence electrons. The van der Waals surface area contributed by atoms with Gasteiger partial charge in [-0.05, 0) is 49.4 Å². The van der Waals surface area contributed by atoms with E-state index >= 15 is 0 Å². The summed E-state index contributed by atoms with van der Waals surface area (Å²) < 4.78 is 39.4. The molecule has 0 radical (unpaired) electrons. The fraction of sp³-hybridized carbons (Fsp3) is 0.240. The second-order valence-electron chi connectivity index (χ2n) is 7.89. The number of para-hydroxylation sites is 1. The molecular formula is C25H25N5O4S. The van der Waals surface area contributed by atoms with Gasteiger partial charge in [-0.15, -0.1) is 0 Å². The van der Waals surface area contributed by atoms with Crippen molar-refractivity contribution in [2.75, 3.05) is 38.2 Å². The predicted molar refractivity (Wildman–Crippen MR) is 133 cm³/mol. The molecule has 2 aromatic carbocycles. The van der Waals surface area contributed by atoms with Crippen molar-refractivity contribution in [3.05, 3.63) is 67.0 Å². The number of nitrogens with zero attached hydrogens (tertiary/aromatic N) is 4. The number of anilines is 2. The molecule has 1 fully saturated rings. The van der Waals surface area contributed by atoms with Gasteiger partial charge in [-0.1, -0.05) is 12.1 Å². The minimum Gasteiger partial charge on any atom is -0.492 e. The third-order valence-electron chi connectivity index (χ3n) is 5.62. The molecule has 1 saturated heterocycles. The number of rotatable bonds is 7. The molecule has 35 heavy (non-hydrogen) atoms. The SMILES string of the molecule is CCOc1ccc(Nc2nc(-c3cccnc3)nc3ccccc23)cc1S(=O)(=O)N1CCOCC1. The first kappa shape index (κ1) is 23.2. The molecule has 0 unspecified atom stereocenters. The first-order valence-electron chi connectivity index (χ1n) is 11.3. The molecule has 10 heteroatoms. The summed E-state index contributed by atoms with van der Waals surface area (Å²) in [5.74, 6) is 1.40. The summed E-state index contributed by atoms with van der Waals surface area (Å²) in [5.41, 5.74) is 2.11. The van der Waals surface area contributed by atoms with Gasteiger partial charge >= 0.3 is 0 Å². The lowest BCUT2D eigenvalue weighted by molar-refractivity contribution is 0.0729. The monoisotopic (exact) mass is 491 g/mol. The van der Waals surface area contributed by atoms with E-state index in [0.29, 0.717) is 56.0 Å². The van der Waals surface area contributed by atoms with Crippen LogP contribution in [-0.2, 0) is 14.8 Å². The highest BCUT2D eigenvalue weighted by molar-refractivity contribution is 7.89. The highest BCUT2D eigenvalue weighted by Crippen LogP contribution is 2.33. The summed E-state index contributed by atoms with van der Waals surface area (Å²) in [6.45, 7) is 3.51. The third kappa shape index (κ3) is 4.81. The quantitative estimate of drug-likeness (QED) is 0.415. The summed E-state index contributed by atoms with van der Waals surface area (Å²) in [5, 5.41) is 4.12. The van der Waals surface area contributed by atoms with Gasteiger partial charge in [-0.2, -0.15) is 4.31 Å². The Hall–Kier alpha value is -3.60. The normalized spacial score (nSPS) is 14.7. The Balaban J connectivity index is 1.57. The van der Waals surface area contributed by atoms with Gasteiger partial charge in [0, 0.05) is 42.1 Å². The lowest BCUT2D eigenvalue weighted by Crippen LogP contribution is -2.40. The average molecular weight is 492 g/mol. The first-order chi connectivity index (χ1) is 17.1. The van der Waals surface area contributed by atoms with Crippen molar-refractivity contribution in [2.45, 2.75) is 11.8 Å². The Morgan fingerprint density at radius 2 is 1.89 bits per heavy atom. The van der Waals surface area contributed by atoms with Gasteiger partial charge in [0.2, 0.25) is 10.0 Å². The van der Waals surface area contributed by atoms with Crippen LogP contribution >= 0.6 is 0 Å². The average Bonchev–Trinajstić information content (AvgIpc) is 2.90. The number of fused-ring (bicyclic) bond motifs is 1. The molecule has 5 rings (SSSR count). The van der Waals surface area contributed by atoms with Crippen LogP contribution in [0.3, 0.4) is 0 Å². The molecule has 2 aromatic heterocycles. The number of nitrogens with one attached hydrogen (secondary N) is 1. The van der Waals surface area contributed by atoms with Crippen molar-refractivity contribution in [2.24, 2.45) is 0 Å². The zero-order chi connectivity index (χ0) is 24.3. The molecule has 0 aliphatic carbocycles. The van der Waals surface area contributed by atoms with Gasteiger partial charge in [0.05, 0.1) is 25.3 Å². The lowest BCUT2D eigenvalue weighted by atomic mass is 10.2. The van der Waals surface area contributed by atoms with Crippen molar-refractivity contribution >= 4 is 32.4 Å². The maximum absolute atomic E-state index is 13.5. The number of ether oxygens (including phenoxy) is 2. The Morgan fingerprint density at radius 3 is 2.66 bits per heavy atom. The summed E-state index contributed by atoms with van der Waals surface area (Å²) in [6, 6.07) is 16.4. The van der Waals surface area contributed by atoms with Crippen LogP contribution < -0.4 is 10.1 Å². The topological polar surface area (TPSA) is 107 Å². The van der Waals surface area contributed by atoms with Crippen LogP contribution in [0.1, 0.15) is 6.92 Å². The number of hydrogen-bond acceptors (Lipinski definition) is 8. The second-order valence-corrected chi connectivity index (χ2v) is 9.80. The molecule has 1 aliphatic heterocycles. The van der Waals surface area contributed by atoms with Crippen LogP contribution in [-0.4, -0.2) is 60.6 Å². The van der Waals surface area contributed by atoms with Crippen LogP contribution in [0.2, 0.25) is 0 Å². The van der Waals surface area contributed by atoms with Crippen molar-refractivity contribution in [3.63, 3.8) is 0 Å². The molecular weight excluding hydrogens is 466 g/mol. The van der Waals surface area contributed by atoms with Gasteiger partial charge in [-0.25, -0.2) is 18.4 Å². The molecule has 0 bridgehead atoms. The van der Waals surface area contributed by atoms with Crippen molar-refractivity contribution in [1.29, 1.82) is 0 Å². The Kier molecular flexibility index (Phi) is 6.58. The molecule has 0 saturated carbocycles. The van der Waals surface area contributed by atoms with E-state index in [1.54, 1.807) is 30.6 Å². The summed E-state index contributed by atoms with van der Waals surface area (Å²) >= 11 is 0. The smallest absolute Gasteiger partial charge is 0.246 e. The van der Waals surface area contributed by atoms with Crippen LogP contribution in [0.5, 0.6) is 5.75 Å². The fourth-order valence-electron chi connectivity index (χ4n) is 3.92. The van der Waals surface area contributed by atoms with Crippen LogP contribution in [0, 0.1) is 0 Å². The maximum atomic E-state index is 13.5. The molecule has 4 aromatic rings. The van der Waals surface area contributed by atoms with E-state index in [9.17, 15) is 8.42 Å². The Labute approximate surface area is 203 Å². The summed E-state index contributed by atoms with van der Waals surface area (Å²) in [4.78, 5) is 13.7. The fourth-order valence-corrected chi connectivity index (χ4v) is 5.49.